The fraction of sp³-hybridized carbons (Fsp3) is 0.667. The van der Waals surface area contributed by atoms with Crippen LogP contribution in [0.4, 0.5) is 70.2 Å². The van der Waals surface area contributed by atoms with Gasteiger partial charge in [0.2, 0.25) is 0 Å². The van der Waals surface area contributed by atoms with Gasteiger partial charge in [-0.1, -0.05) is 39.0 Å². The van der Waals surface area contributed by atoms with E-state index in [1.807, 2.05) is 0 Å². The van der Waals surface area contributed by atoms with Crippen molar-refractivity contribution in [3.8, 4) is 5.75 Å². The lowest BCUT2D eigenvalue weighted by atomic mass is 9.86. The van der Waals surface area contributed by atoms with Gasteiger partial charge in [0.15, 0.2) is 0 Å². The molecule has 228 valence electrons. The van der Waals surface area contributed by atoms with Crippen molar-refractivity contribution < 1.29 is 82.8 Å². The van der Waals surface area contributed by atoms with Gasteiger partial charge in [-0.15, -0.1) is 0 Å². The van der Waals surface area contributed by atoms with Gasteiger partial charge in [0.25, 0.3) is 0 Å². The Labute approximate surface area is 222 Å². The van der Waals surface area contributed by atoms with E-state index in [0.29, 0.717) is 6.07 Å². The maximum Gasteiger partial charge on any atom is 0.460 e. The van der Waals surface area contributed by atoms with Crippen molar-refractivity contribution in [2.75, 3.05) is 0 Å². The molecule has 1 aromatic rings. The Bertz CT molecular complexity index is 1170. The minimum absolute atomic E-state index is 0.276. The van der Waals surface area contributed by atoms with Gasteiger partial charge in [-0.2, -0.15) is 74.3 Å². The first-order chi connectivity index (χ1) is 16.7. The molecule has 3 nitrogen and oxygen atoms in total. The van der Waals surface area contributed by atoms with Gasteiger partial charge in [-0.05, 0) is 34.1 Å². The maximum absolute atomic E-state index is 14.8. The van der Waals surface area contributed by atoms with E-state index in [4.69, 9.17) is 0 Å². The summed E-state index contributed by atoms with van der Waals surface area (Å²) in [6.07, 6.45) is -7.82. The molecule has 0 saturated heterocycles. The second-order valence-corrected chi connectivity index (χ2v) is 12.6. The van der Waals surface area contributed by atoms with Gasteiger partial charge < -0.3 is 4.18 Å². The third-order valence-corrected chi connectivity index (χ3v) is 8.48. The number of halogens is 17. The van der Waals surface area contributed by atoms with E-state index in [0.717, 1.165) is 12.1 Å². The zero-order chi connectivity index (χ0) is 31.7. The molecule has 1 rings (SSSR count). The number of benzene rings is 1. The van der Waals surface area contributed by atoms with E-state index in [9.17, 15) is 78.7 Å². The van der Waals surface area contributed by atoms with E-state index >= 15 is 0 Å². The summed E-state index contributed by atoms with van der Waals surface area (Å²) < 4.78 is 238. The Balaban J connectivity index is 3.76. The smallest absolute Gasteiger partial charge is 0.379 e. The third kappa shape index (κ3) is 5.10. The summed E-state index contributed by atoms with van der Waals surface area (Å²) in [5.74, 6) is -51.4. The highest BCUT2D eigenvalue weighted by Gasteiger charge is 2.95. The summed E-state index contributed by atoms with van der Waals surface area (Å²) in [5.41, 5.74) is -1.45. The lowest BCUT2D eigenvalue weighted by Crippen LogP contribution is -2.74. The monoisotopic (exact) mass is 740 g/mol. The van der Waals surface area contributed by atoms with E-state index in [1.165, 1.54) is 26.8 Å². The molecule has 0 radical (unpaired) electrons. The lowest BCUT2D eigenvalue weighted by Gasteiger charge is -2.42. The number of hydrogen-bond donors (Lipinski definition) is 0. The van der Waals surface area contributed by atoms with Crippen molar-refractivity contribution >= 4 is 32.7 Å². The van der Waals surface area contributed by atoms with Gasteiger partial charge in [0, 0.05) is 5.56 Å². The summed E-state index contributed by atoms with van der Waals surface area (Å²) in [6.45, 7) is 3.95. The molecule has 0 aliphatic rings. The highest BCUT2D eigenvalue weighted by Crippen LogP contribution is 2.65. The Kier molecular flexibility index (Phi) is 8.73. The Hall–Kier alpha value is -1.42. The fourth-order valence-electron chi connectivity index (χ4n) is 2.64. The van der Waals surface area contributed by atoms with Crippen molar-refractivity contribution in [1.29, 1.82) is 0 Å². The van der Waals surface area contributed by atoms with Crippen LogP contribution in [0.5, 0.6) is 5.75 Å². The van der Waals surface area contributed by atoms with Crippen LogP contribution in [0.15, 0.2) is 24.3 Å². The normalized spacial score (nSPS) is 17.1. The van der Waals surface area contributed by atoms with Crippen LogP contribution in [0.1, 0.15) is 26.3 Å². The van der Waals surface area contributed by atoms with Crippen molar-refractivity contribution in [2.45, 2.75) is 70.9 Å². The molecule has 0 N–H and O–H groups in total. The van der Waals surface area contributed by atoms with Crippen LogP contribution in [-0.2, 0) is 15.5 Å². The van der Waals surface area contributed by atoms with Crippen molar-refractivity contribution in [3.05, 3.63) is 29.8 Å². The summed E-state index contributed by atoms with van der Waals surface area (Å²) >= 11 is -0.839. The van der Waals surface area contributed by atoms with Crippen LogP contribution < -0.4 is 4.18 Å². The fourth-order valence-corrected chi connectivity index (χ4v) is 4.17. The quantitative estimate of drug-likeness (QED) is 0.111. The second-order valence-electron chi connectivity index (χ2n) is 8.74. The molecule has 0 fully saturated rings. The largest absolute Gasteiger partial charge is 0.460 e. The summed E-state index contributed by atoms with van der Waals surface area (Å²) in [7, 11) is -7.03. The topological polar surface area (TPSA) is 43.4 Å². The molecule has 1 unspecified atom stereocenters. The van der Waals surface area contributed by atoms with E-state index in [-0.39, 0.29) is 5.56 Å². The van der Waals surface area contributed by atoms with Crippen LogP contribution in [0.2, 0.25) is 0 Å². The van der Waals surface area contributed by atoms with Gasteiger partial charge >= 0.3 is 54.8 Å². The summed E-state index contributed by atoms with van der Waals surface area (Å²) in [6, 6.07) is 3.73. The first-order valence-electron chi connectivity index (χ1n) is 9.45. The first-order valence-corrected chi connectivity index (χ1v) is 11.9. The predicted molar refractivity (Wildman–Crippen MR) is 108 cm³/mol. The van der Waals surface area contributed by atoms with Crippen LogP contribution in [-0.4, -0.2) is 53.1 Å². The van der Waals surface area contributed by atoms with Crippen molar-refractivity contribution in [1.82, 2.24) is 0 Å². The molecule has 0 amide bonds. The molecular formula is C18H13F16IO3S. The van der Waals surface area contributed by atoms with Gasteiger partial charge in [-0.3, -0.25) is 0 Å². The van der Waals surface area contributed by atoms with Gasteiger partial charge in [0.1, 0.15) is 5.75 Å². The van der Waals surface area contributed by atoms with Gasteiger partial charge in [0.05, 0.1) is 0 Å². The number of hydrogen-bond acceptors (Lipinski definition) is 3. The van der Waals surface area contributed by atoms with Crippen LogP contribution in [0.25, 0.3) is 0 Å². The zero-order valence-electron chi connectivity index (χ0n) is 18.9. The second kappa shape index (κ2) is 9.57. The summed E-state index contributed by atoms with van der Waals surface area (Å²) in [4.78, 5) is 0. The lowest BCUT2D eigenvalue weighted by molar-refractivity contribution is -0.453. The average Bonchev–Trinajstić information content (AvgIpc) is 2.71. The van der Waals surface area contributed by atoms with Gasteiger partial charge in [-0.25, -0.2) is 4.39 Å². The van der Waals surface area contributed by atoms with E-state index in [2.05, 4.69) is 4.18 Å². The Morgan fingerprint density at radius 3 is 1.28 bits per heavy atom. The molecule has 0 aliphatic carbocycles. The average molecular weight is 740 g/mol. The molecular weight excluding hydrogens is 727 g/mol. The van der Waals surface area contributed by atoms with Crippen molar-refractivity contribution in [2.24, 2.45) is 0 Å². The molecule has 0 aromatic heterocycles. The van der Waals surface area contributed by atoms with Crippen molar-refractivity contribution in [3.63, 3.8) is 0 Å². The van der Waals surface area contributed by atoms with Crippen LogP contribution >= 0.6 is 22.6 Å². The van der Waals surface area contributed by atoms with Crippen LogP contribution in [0.3, 0.4) is 0 Å². The SMILES string of the molecule is CC(C)(C)c1ccccc1OS(=O)(=O)C(F)(I)C(F)(F)C(F)(F)C(F)(F)C(F)(F)C(F)(F)C(F)(F)C(F)(F)F. The summed E-state index contributed by atoms with van der Waals surface area (Å²) in [5, 5.41) is 0. The molecule has 21 heteroatoms. The first kappa shape index (κ1) is 35.6. The predicted octanol–water partition coefficient (Wildman–Crippen LogP) is 8.13. The molecule has 0 heterocycles. The molecule has 0 bridgehead atoms. The zero-order valence-corrected chi connectivity index (χ0v) is 21.8. The number of rotatable bonds is 9. The van der Waals surface area contributed by atoms with Crippen LogP contribution in [0, 0.1) is 0 Å². The highest BCUT2D eigenvalue weighted by molar-refractivity contribution is 14.1. The minimum atomic E-state index is -8.71. The van der Waals surface area contributed by atoms with E-state index in [1.54, 1.807) is 0 Å². The molecule has 1 atom stereocenters. The maximum atomic E-state index is 14.8. The minimum Gasteiger partial charge on any atom is -0.379 e. The number of alkyl halides is 17. The molecule has 0 aliphatic heterocycles. The molecule has 39 heavy (non-hydrogen) atoms. The number of para-hydroxylation sites is 1. The molecule has 0 saturated carbocycles. The highest BCUT2D eigenvalue weighted by atomic mass is 127. The molecule has 0 spiro atoms. The van der Waals surface area contributed by atoms with E-state index < -0.39 is 88.6 Å². The third-order valence-electron chi connectivity index (χ3n) is 4.90. The Morgan fingerprint density at radius 2 is 0.923 bits per heavy atom. The molecule has 1 aromatic carbocycles. The standard InChI is InChI=1S/C18H13F16IO3S/c1-10(2,3)8-6-4-5-7-9(8)38-39(36,37)18(34,35)16(29,30)14(25,26)12(21,22)11(19,20)13(23,24)15(27,28)17(31,32)33/h4-7H,1-3H3. The Morgan fingerprint density at radius 1 is 0.590 bits per heavy atom.